The average molecular weight is 547 g/mol. The number of nitrogens with zero attached hydrogens (tertiary/aromatic N) is 2. The van der Waals surface area contributed by atoms with Crippen molar-refractivity contribution in [3.05, 3.63) is 71.3 Å². The maximum atomic E-state index is 14.8. The third-order valence-electron chi connectivity index (χ3n) is 8.89. The molecule has 3 unspecified atom stereocenters. The van der Waals surface area contributed by atoms with E-state index in [2.05, 4.69) is 9.80 Å². The molecule has 4 nitrogen and oxygen atoms in total. The van der Waals surface area contributed by atoms with Gasteiger partial charge in [0.2, 0.25) is 0 Å². The molecule has 212 valence electrons. The van der Waals surface area contributed by atoms with Crippen molar-refractivity contribution in [2.45, 2.75) is 62.8 Å². The number of carbonyl (C=O) groups is 1. The Labute approximate surface area is 228 Å². The highest BCUT2D eigenvalue weighted by molar-refractivity contribution is 5.73. The van der Waals surface area contributed by atoms with Crippen LogP contribution in [0.5, 0.6) is 0 Å². The molecular formula is C31H38F4N2O2. The molecular weight excluding hydrogens is 508 g/mol. The highest BCUT2D eigenvalue weighted by Crippen LogP contribution is 2.40. The van der Waals surface area contributed by atoms with Gasteiger partial charge in [-0.15, -0.1) is 0 Å². The quantitative estimate of drug-likeness (QED) is 0.340. The van der Waals surface area contributed by atoms with E-state index in [1.165, 1.54) is 30.3 Å². The van der Waals surface area contributed by atoms with Crippen LogP contribution in [-0.4, -0.2) is 65.6 Å². The van der Waals surface area contributed by atoms with Gasteiger partial charge in [0.05, 0.1) is 0 Å². The Kier molecular flexibility index (Phi) is 8.62. The van der Waals surface area contributed by atoms with Crippen LogP contribution < -0.4 is 0 Å². The minimum Gasteiger partial charge on any atom is -0.480 e. The lowest BCUT2D eigenvalue weighted by atomic mass is 9.86. The first-order valence-corrected chi connectivity index (χ1v) is 14.2. The monoisotopic (exact) mass is 546 g/mol. The van der Waals surface area contributed by atoms with Gasteiger partial charge in [0.25, 0.3) is 5.92 Å². The summed E-state index contributed by atoms with van der Waals surface area (Å²) >= 11 is 0. The number of aliphatic carboxylic acids is 1. The second-order valence-electron chi connectivity index (χ2n) is 12.0. The predicted octanol–water partition coefficient (Wildman–Crippen LogP) is 6.21. The molecule has 0 aromatic heterocycles. The van der Waals surface area contributed by atoms with Crippen LogP contribution in [-0.2, 0) is 11.2 Å². The normalized spacial score (nSPS) is 24.2. The number of hydrogen-bond donors (Lipinski definition) is 1. The summed E-state index contributed by atoms with van der Waals surface area (Å²) in [6, 6.07) is 11.4. The van der Waals surface area contributed by atoms with Gasteiger partial charge in [-0.1, -0.05) is 37.1 Å². The Morgan fingerprint density at radius 2 is 1.67 bits per heavy atom. The van der Waals surface area contributed by atoms with Crippen LogP contribution in [0, 0.1) is 29.4 Å². The predicted molar refractivity (Wildman–Crippen MR) is 142 cm³/mol. The zero-order chi connectivity index (χ0) is 27.6. The van der Waals surface area contributed by atoms with E-state index in [1.54, 1.807) is 12.1 Å². The van der Waals surface area contributed by atoms with E-state index in [0.717, 1.165) is 24.9 Å². The van der Waals surface area contributed by atoms with Gasteiger partial charge in [-0.05, 0) is 85.5 Å². The number of alkyl halides is 2. The van der Waals surface area contributed by atoms with Crippen LogP contribution in [0.1, 0.15) is 55.6 Å². The van der Waals surface area contributed by atoms with Crippen LogP contribution in [0.2, 0.25) is 0 Å². The fraction of sp³-hybridized carbons (Fsp3) is 0.581. The number of rotatable bonds is 11. The van der Waals surface area contributed by atoms with Gasteiger partial charge in [0, 0.05) is 38.4 Å². The zero-order valence-corrected chi connectivity index (χ0v) is 22.3. The molecule has 39 heavy (non-hydrogen) atoms. The van der Waals surface area contributed by atoms with Gasteiger partial charge in [-0.3, -0.25) is 9.69 Å². The van der Waals surface area contributed by atoms with Crippen molar-refractivity contribution in [2.75, 3.05) is 32.7 Å². The molecule has 1 saturated carbocycles. The summed E-state index contributed by atoms with van der Waals surface area (Å²) in [5, 5.41) is 9.96. The molecule has 0 bridgehead atoms. The van der Waals surface area contributed by atoms with Crippen LogP contribution >= 0.6 is 0 Å². The van der Waals surface area contributed by atoms with Crippen LogP contribution in [0.3, 0.4) is 0 Å². The molecule has 1 N–H and O–H groups in total. The van der Waals surface area contributed by atoms with Crippen LogP contribution in [0.25, 0.3) is 0 Å². The van der Waals surface area contributed by atoms with Gasteiger partial charge in [0.1, 0.15) is 17.7 Å². The summed E-state index contributed by atoms with van der Waals surface area (Å²) in [6.07, 6.45) is 3.64. The molecule has 3 fully saturated rings. The minimum atomic E-state index is -2.84. The van der Waals surface area contributed by atoms with Gasteiger partial charge in [-0.25, -0.2) is 17.6 Å². The molecule has 2 saturated heterocycles. The Balaban J connectivity index is 1.19. The molecule has 2 aromatic rings. The first kappa shape index (κ1) is 28.1. The van der Waals surface area contributed by atoms with E-state index < -0.39 is 23.8 Å². The third-order valence-corrected chi connectivity index (χ3v) is 8.89. The van der Waals surface area contributed by atoms with Crippen LogP contribution in [0.4, 0.5) is 17.6 Å². The Morgan fingerprint density at radius 3 is 2.31 bits per heavy atom. The molecule has 2 heterocycles. The Morgan fingerprint density at radius 1 is 0.949 bits per heavy atom. The van der Waals surface area contributed by atoms with Gasteiger partial charge in [0.15, 0.2) is 0 Å². The molecule has 1 aliphatic carbocycles. The van der Waals surface area contributed by atoms with Gasteiger partial charge >= 0.3 is 5.97 Å². The van der Waals surface area contributed by atoms with Crippen molar-refractivity contribution < 1.29 is 27.5 Å². The number of benzene rings is 2. The lowest BCUT2D eigenvalue weighted by Gasteiger charge is -2.36. The minimum absolute atomic E-state index is 0.0273. The summed E-state index contributed by atoms with van der Waals surface area (Å²) in [7, 11) is 0. The molecule has 5 rings (SSSR count). The number of halogens is 4. The van der Waals surface area contributed by atoms with Gasteiger partial charge < -0.3 is 10.0 Å². The Hall–Kier alpha value is -2.45. The maximum Gasteiger partial charge on any atom is 0.320 e. The number of carboxylic acids is 1. The van der Waals surface area contributed by atoms with E-state index in [-0.39, 0.29) is 36.4 Å². The highest BCUT2D eigenvalue weighted by atomic mass is 19.3. The van der Waals surface area contributed by atoms with Crippen molar-refractivity contribution in [1.29, 1.82) is 0 Å². The van der Waals surface area contributed by atoms with E-state index in [1.807, 2.05) is 6.07 Å². The molecule has 0 spiro atoms. The molecule has 2 aromatic carbocycles. The first-order valence-electron chi connectivity index (χ1n) is 14.2. The fourth-order valence-corrected chi connectivity index (χ4v) is 6.63. The summed E-state index contributed by atoms with van der Waals surface area (Å²) < 4.78 is 56.8. The second-order valence-corrected chi connectivity index (χ2v) is 12.0. The van der Waals surface area contributed by atoms with Crippen molar-refractivity contribution in [1.82, 2.24) is 9.80 Å². The lowest BCUT2D eigenvalue weighted by molar-refractivity contribution is -0.143. The van der Waals surface area contributed by atoms with Crippen molar-refractivity contribution in [2.24, 2.45) is 17.8 Å². The molecule has 8 heteroatoms. The summed E-state index contributed by atoms with van der Waals surface area (Å²) in [4.78, 5) is 16.5. The summed E-state index contributed by atoms with van der Waals surface area (Å²) in [6.45, 7) is 3.40. The average Bonchev–Trinajstić information content (AvgIpc) is 3.62. The number of hydrogen-bond acceptors (Lipinski definition) is 3. The largest absolute Gasteiger partial charge is 0.480 e. The van der Waals surface area contributed by atoms with E-state index in [9.17, 15) is 27.5 Å². The fourth-order valence-electron chi connectivity index (χ4n) is 6.63. The van der Waals surface area contributed by atoms with Crippen molar-refractivity contribution in [3.8, 4) is 0 Å². The van der Waals surface area contributed by atoms with E-state index >= 15 is 0 Å². The first-order chi connectivity index (χ1) is 18.6. The van der Waals surface area contributed by atoms with Crippen LogP contribution in [0.15, 0.2) is 48.5 Å². The standard InChI is InChI=1S/C31H38F4N2O2/c32-26-8-6-22(7-9-26)16-31(34,35)17-23-10-12-36(13-11-23)18-25-19-37(29(30(38)39)14-21-4-5-21)20-28(25)24-2-1-3-27(33)15-24/h1-3,6-9,15,21,23,25,28-29H,4-5,10-14,16-20H2,(H,38,39). The summed E-state index contributed by atoms with van der Waals surface area (Å²) in [5.74, 6) is -3.77. The Bertz CT molecular complexity index is 1120. The maximum absolute atomic E-state index is 14.8. The number of likely N-dealkylation sites (tertiary alicyclic amines) is 2. The van der Waals surface area contributed by atoms with Gasteiger partial charge in [-0.2, -0.15) is 0 Å². The summed E-state index contributed by atoms with van der Waals surface area (Å²) in [5.41, 5.74) is 1.34. The molecule has 0 amide bonds. The smallest absolute Gasteiger partial charge is 0.320 e. The topological polar surface area (TPSA) is 43.8 Å². The lowest BCUT2D eigenvalue weighted by Crippen LogP contribution is -2.42. The molecule has 3 aliphatic rings. The third kappa shape index (κ3) is 7.60. The van der Waals surface area contributed by atoms with Crippen molar-refractivity contribution >= 4 is 5.97 Å². The number of piperidine rings is 1. The van der Waals surface area contributed by atoms with Crippen molar-refractivity contribution in [3.63, 3.8) is 0 Å². The second kappa shape index (κ2) is 12.0. The highest BCUT2D eigenvalue weighted by Gasteiger charge is 2.42. The SMILES string of the molecule is O=C(O)C(CC1CC1)N1CC(CN2CCC(CC(F)(F)Cc3ccc(F)cc3)CC2)C(c2cccc(F)c2)C1. The van der Waals surface area contributed by atoms with E-state index in [4.69, 9.17) is 0 Å². The molecule has 2 aliphatic heterocycles. The molecule has 0 radical (unpaired) electrons. The number of carboxylic acid groups (broad SMARTS) is 1. The van der Waals surface area contributed by atoms with E-state index in [0.29, 0.717) is 56.9 Å². The molecule has 3 atom stereocenters. The zero-order valence-electron chi connectivity index (χ0n) is 22.3.